The Bertz CT molecular complexity index is 964. The molecule has 1 N–H and O–H groups in total. The van der Waals surface area contributed by atoms with Crippen LogP contribution in [0.1, 0.15) is 25.7 Å². The van der Waals surface area contributed by atoms with Gasteiger partial charge in [-0.05, 0) is 31.0 Å². The summed E-state index contributed by atoms with van der Waals surface area (Å²) >= 11 is 6.10. The van der Waals surface area contributed by atoms with Gasteiger partial charge in [-0.25, -0.2) is 8.42 Å². The first-order valence-electron chi connectivity index (χ1n) is 10.4. The number of carbonyl (C=O) groups is 3. The van der Waals surface area contributed by atoms with Gasteiger partial charge in [0.1, 0.15) is 6.54 Å². The van der Waals surface area contributed by atoms with Crippen molar-refractivity contribution in [1.82, 2.24) is 9.21 Å². The topological polar surface area (TPSA) is 122 Å². The fraction of sp³-hybridized carbons (Fsp3) is 0.550. The van der Waals surface area contributed by atoms with Gasteiger partial charge in [0, 0.05) is 26.1 Å². The zero-order valence-electron chi connectivity index (χ0n) is 17.5. The SMILES string of the molecule is O=C(COC(=O)CN1CCCCCC1=O)Nc1cc(S(=O)(=O)N2CCOCC2)ccc1Cl. The fourth-order valence-corrected chi connectivity index (χ4v) is 5.04. The van der Waals surface area contributed by atoms with E-state index in [4.69, 9.17) is 21.1 Å². The van der Waals surface area contributed by atoms with Crippen LogP contribution < -0.4 is 5.32 Å². The molecule has 2 aliphatic heterocycles. The van der Waals surface area contributed by atoms with Crippen LogP contribution in [0.25, 0.3) is 0 Å². The van der Waals surface area contributed by atoms with E-state index in [2.05, 4.69) is 5.32 Å². The van der Waals surface area contributed by atoms with Crippen molar-refractivity contribution < 1.29 is 32.3 Å². The van der Waals surface area contributed by atoms with Crippen LogP contribution in [0.4, 0.5) is 5.69 Å². The number of hydrogen-bond acceptors (Lipinski definition) is 7. The Morgan fingerprint density at radius 3 is 2.62 bits per heavy atom. The highest BCUT2D eigenvalue weighted by Gasteiger charge is 2.27. The zero-order chi connectivity index (χ0) is 23.1. The monoisotopic (exact) mass is 487 g/mol. The van der Waals surface area contributed by atoms with Gasteiger partial charge in [0.25, 0.3) is 5.91 Å². The molecule has 2 amide bonds. The van der Waals surface area contributed by atoms with Crippen molar-refractivity contribution in [3.05, 3.63) is 23.2 Å². The first kappa shape index (κ1) is 24.4. The summed E-state index contributed by atoms with van der Waals surface area (Å²) in [6.45, 7) is 0.789. The Morgan fingerprint density at radius 1 is 1.12 bits per heavy atom. The Hall–Kier alpha value is -2.21. The average Bonchev–Trinajstić information content (AvgIpc) is 2.98. The van der Waals surface area contributed by atoms with E-state index in [1.54, 1.807) is 0 Å². The molecule has 1 aromatic rings. The van der Waals surface area contributed by atoms with Crippen LogP contribution >= 0.6 is 11.6 Å². The molecule has 0 spiro atoms. The molecule has 10 nitrogen and oxygen atoms in total. The van der Waals surface area contributed by atoms with Gasteiger partial charge in [-0.15, -0.1) is 0 Å². The number of anilines is 1. The lowest BCUT2D eigenvalue weighted by Crippen LogP contribution is -2.40. The number of rotatable bonds is 7. The molecule has 1 aromatic carbocycles. The van der Waals surface area contributed by atoms with E-state index in [9.17, 15) is 22.8 Å². The predicted molar refractivity (Wildman–Crippen MR) is 116 cm³/mol. The number of carbonyl (C=O) groups excluding carboxylic acids is 3. The summed E-state index contributed by atoms with van der Waals surface area (Å²) in [6.07, 6.45) is 2.95. The van der Waals surface area contributed by atoms with E-state index in [0.717, 1.165) is 19.3 Å². The third-order valence-corrected chi connectivity index (χ3v) is 7.40. The summed E-state index contributed by atoms with van der Waals surface area (Å²) in [5.74, 6) is -1.47. The van der Waals surface area contributed by atoms with Crippen LogP contribution in [-0.2, 0) is 33.9 Å². The van der Waals surface area contributed by atoms with E-state index < -0.39 is 28.5 Å². The van der Waals surface area contributed by atoms with Crippen LogP contribution in [0.2, 0.25) is 5.02 Å². The van der Waals surface area contributed by atoms with E-state index in [-0.39, 0.29) is 41.1 Å². The quantitative estimate of drug-likeness (QED) is 0.574. The van der Waals surface area contributed by atoms with E-state index >= 15 is 0 Å². The van der Waals surface area contributed by atoms with Crippen molar-refractivity contribution in [2.45, 2.75) is 30.6 Å². The second-order valence-corrected chi connectivity index (χ2v) is 9.84. The number of nitrogens with zero attached hydrogens (tertiary/aromatic N) is 2. The Morgan fingerprint density at radius 2 is 1.88 bits per heavy atom. The van der Waals surface area contributed by atoms with Gasteiger partial charge in [0.15, 0.2) is 6.61 Å². The van der Waals surface area contributed by atoms with Gasteiger partial charge in [0.05, 0.1) is 28.8 Å². The molecule has 0 bridgehead atoms. The van der Waals surface area contributed by atoms with E-state index in [1.165, 1.54) is 27.4 Å². The van der Waals surface area contributed by atoms with Gasteiger partial charge in [-0.2, -0.15) is 4.31 Å². The second kappa shape index (κ2) is 11.1. The number of morpholine rings is 1. The molecule has 176 valence electrons. The fourth-order valence-electron chi connectivity index (χ4n) is 3.44. The van der Waals surface area contributed by atoms with Crippen molar-refractivity contribution in [1.29, 1.82) is 0 Å². The Labute approximate surface area is 191 Å². The molecule has 0 saturated carbocycles. The molecular formula is C20H26ClN3O7S. The Balaban J connectivity index is 1.57. The summed E-state index contributed by atoms with van der Waals surface area (Å²) in [6, 6.07) is 4.01. The summed E-state index contributed by atoms with van der Waals surface area (Å²) in [5, 5.41) is 2.61. The minimum atomic E-state index is -3.77. The van der Waals surface area contributed by atoms with Crippen molar-refractivity contribution in [2.75, 3.05) is 51.3 Å². The van der Waals surface area contributed by atoms with Crippen LogP contribution in [-0.4, -0.2) is 81.4 Å². The maximum atomic E-state index is 12.8. The highest BCUT2D eigenvalue weighted by molar-refractivity contribution is 7.89. The van der Waals surface area contributed by atoms with Crippen molar-refractivity contribution in [3.8, 4) is 0 Å². The lowest BCUT2D eigenvalue weighted by molar-refractivity contribution is -0.151. The molecular weight excluding hydrogens is 462 g/mol. The summed E-state index contributed by atoms with van der Waals surface area (Å²) in [7, 11) is -3.77. The summed E-state index contributed by atoms with van der Waals surface area (Å²) < 4.78 is 37.1. The van der Waals surface area contributed by atoms with Crippen LogP contribution in [0, 0.1) is 0 Å². The standard InChI is InChI=1S/C20H26ClN3O7S/c21-16-6-5-15(32(28,29)24-8-10-30-11-9-24)12-17(16)22-18(25)14-31-20(27)13-23-7-3-1-2-4-19(23)26/h5-6,12H,1-4,7-11,13-14H2,(H,22,25). The average molecular weight is 488 g/mol. The maximum Gasteiger partial charge on any atom is 0.326 e. The van der Waals surface area contributed by atoms with Crippen LogP contribution in [0.5, 0.6) is 0 Å². The maximum absolute atomic E-state index is 12.8. The first-order chi connectivity index (χ1) is 15.3. The first-order valence-corrected chi connectivity index (χ1v) is 12.2. The number of halogens is 1. The minimum absolute atomic E-state index is 0.0178. The van der Waals surface area contributed by atoms with Crippen LogP contribution in [0.3, 0.4) is 0 Å². The third-order valence-electron chi connectivity index (χ3n) is 5.18. The molecule has 0 unspecified atom stereocenters. The molecule has 2 aliphatic rings. The zero-order valence-corrected chi connectivity index (χ0v) is 19.1. The molecule has 0 radical (unpaired) electrons. The van der Waals surface area contributed by atoms with Crippen molar-refractivity contribution >= 4 is 45.1 Å². The minimum Gasteiger partial charge on any atom is -0.454 e. The predicted octanol–water partition coefficient (Wildman–Crippen LogP) is 1.25. The molecule has 12 heteroatoms. The van der Waals surface area contributed by atoms with Crippen molar-refractivity contribution in [3.63, 3.8) is 0 Å². The summed E-state index contributed by atoms with van der Waals surface area (Å²) in [5.41, 5.74) is 0.0877. The number of esters is 1. The smallest absolute Gasteiger partial charge is 0.326 e. The van der Waals surface area contributed by atoms with Gasteiger partial charge in [-0.1, -0.05) is 18.0 Å². The van der Waals surface area contributed by atoms with Gasteiger partial charge in [0.2, 0.25) is 15.9 Å². The number of benzene rings is 1. The molecule has 3 rings (SSSR count). The molecule has 2 fully saturated rings. The third kappa shape index (κ3) is 6.41. The summed E-state index contributed by atoms with van der Waals surface area (Å²) in [4.78, 5) is 37.7. The second-order valence-electron chi connectivity index (χ2n) is 7.49. The van der Waals surface area contributed by atoms with Crippen molar-refractivity contribution in [2.24, 2.45) is 0 Å². The molecule has 0 aliphatic carbocycles. The van der Waals surface area contributed by atoms with E-state index in [0.29, 0.717) is 26.2 Å². The van der Waals surface area contributed by atoms with Gasteiger partial charge in [-0.3, -0.25) is 14.4 Å². The molecule has 2 saturated heterocycles. The lowest BCUT2D eigenvalue weighted by Gasteiger charge is -2.26. The number of likely N-dealkylation sites (tertiary alicyclic amines) is 1. The largest absolute Gasteiger partial charge is 0.454 e. The molecule has 0 aromatic heterocycles. The molecule has 32 heavy (non-hydrogen) atoms. The molecule has 2 heterocycles. The van der Waals surface area contributed by atoms with E-state index in [1.807, 2.05) is 0 Å². The van der Waals surface area contributed by atoms with Gasteiger partial charge < -0.3 is 19.7 Å². The normalized spacial score (nSPS) is 18.2. The number of amides is 2. The number of ether oxygens (including phenoxy) is 2. The Kier molecular flexibility index (Phi) is 8.46. The highest BCUT2D eigenvalue weighted by Crippen LogP contribution is 2.27. The lowest BCUT2D eigenvalue weighted by atomic mass is 10.2. The number of sulfonamides is 1. The molecule has 0 atom stereocenters. The number of nitrogens with one attached hydrogen (secondary N) is 1. The van der Waals surface area contributed by atoms with Crippen LogP contribution in [0.15, 0.2) is 23.1 Å². The van der Waals surface area contributed by atoms with Gasteiger partial charge >= 0.3 is 5.97 Å². The number of hydrogen-bond donors (Lipinski definition) is 1. The highest BCUT2D eigenvalue weighted by atomic mass is 35.5.